The van der Waals surface area contributed by atoms with Gasteiger partial charge in [-0.3, -0.25) is 0 Å². The third-order valence-electron chi connectivity index (χ3n) is 2.05. The molecule has 9 heteroatoms. The molecule has 1 N–H and O–H groups in total. The van der Waals surface area contributed by atoms with Crippen molar-refractivity contribution >= 4 is 66.3 Å². The fourth-order valence-corrected chi connectivity index (χ4v) is 3.51. The zero-order valence-electron chi connectivity index (χ0n) is 9.03. The quantitative estimate of drug-likeness (QED) is 0.713. The van der Waals surface area contributed by atoms with Gasteiger partial charge in [-0.25, -0.2) is 8.78 Å². The second-order valence-electron chi connectivity index (χ2n) is 3.40. The Morgan fingerprint density at radius 3 is 2.47 bits per heavy atom. The summed E-state index contributed by atoms with van der Waals surface area (Å²) < 4.78 is 30.6. The van der Waals surface area contributed by atoms with E-state index in [2.05, 4.69) is 46.8 Å². The summed E-state index contributed by atoms with van der Waals surface area (Å²) in [5.74, 6) is 0. The molecule has 19 heavy (non-hydrogen) atoms. The summed E-state index contributed by atoms with van der Waals surface area (Å²) in [6, 6.07) is 5.42. The van der Waals surface area contributed by atoms with Crippen molar-refractivity contribution in [2.24, 2.45) is 0 Å². The van der Waals surface area contributed by atoms with Gasteiger partial charge in [0.15, 0.2) is 5.69 Å². The summed E-state index contributed by atoms with van der Waals surface area (Å²) in [6.07, 6.45) is -2.69. The van der Waals surface area contributed by atoms with Crippen LogP contribution in [0.4, 0.5) is 14.5 Å². The predicted octanol–water partition coefficient (Wildman–Crippen LogP) is 4.79. The molecule has 0 fully saturated rings. The molecule has 2 aromatic rings. The van der Waals surface area contributed by atoms with Crippen LogP contribution in [0.3, 0.4) is 0 Å². The summed E-state index contributed by atoms with van der Waals surface area (Å²) in [4.78, 5) is 0.358. The average Bonchev–Trinajstić information content (AvgIpc) is 2.75. The number of nitrogens with zero attached hydrogens (tertiary/aromatic N) is 2. The number of alkyl halides is 2. The average molecular weight is 429 g/mol. The fourth-order valence-electron chi connectivity index (χ4n) is 1.31. The van der Waals surface area contributed by atoms with Crippen molar-refractivity contribution in [1.29, 1.82) is 0 Å². The Kier molecular flexibility index (Phi) is 4.93. The highest BCUT2D eigenvalue weighted by molar-refractivity contribution is 9.11. The normalized spacial score (nSPS) is 10.8. The fraction of sp³-hybridized carbons (Fsp3) is 0.100. The molecule has 0 aliphatic carbocycles. The lowest BCUT2D eigenvalue weighted by Crippen LogP contribution is -2.11. The van der Waals surface area contributed by atoms with E-state index >= 15 is 0 Å². The van der Waals surface area contributed by atoms with E-state index < -0.39 is 12.1 Å². The van der Waals surface area contributed by atoms with Gasteiger partial charge in [0.1, 0.15) is 9.87 Å². The zero-order valence-corrected chi connectivity index (χ0v) is 13.8. The van der Waals surface area contributed by atoms with E-state index in [0.29, 0.717) is 5.69 Å². The second-order valence-corrected chi connectivity index (χ2v) is 6.39. The largest absolute Gasteiger partial charge is 0.345 e. The Labute approximate surface area is 133 Å². The topological polar surface area (TPSA) is 37.8 Å². The first-order chi connectivity index (χ1) is 8.97. The van der Waals surface area contributed by atoms with E-state index in [9.17, 15) is 8.78 Å². The standard InChI is InChI=1S/C10H5Br2F2N3S2/c11-4-1-5(12)3-6(2-4)15-10(18)8-7(9(13)14)16-17-19-8/h1-3,9H,(H,15,18). The zero-order chi connectivity index (χ0) is 14.0. The highest BCUT2D eigenvalue weighted by atomic mass is 79.9. The number of halogens is 4. The summed E-state index contributed by atoms with van der Waals surface area (Å²) in [6.45, 7) is 0. The van der Waals surface area contributed by atoms with Gasteiger partial charge in [0, 0.05) is 14.6 Å². The Balaban J connectivity index is 2.23. The maximum Gasteiger partial charge on any atom is 0.283 e. The van der Waals surface area contributed by atoms with Gasteiger partial charge in [0.2, 0.25) is 0 Å². The maximum absolute atomic E-state index is 12.7. The number of aromatic nitrogens is 2. The number of anilines is 1. The number of nitrogens with one attached hydrogen (secondary N) is 1. The van der Waals surface area contributed by atoms with E-state index in [-0.39, 0.29) is 9.87 Å². The Bertz CT molecular complexity index is 598. The predicted molar refractivity (Wildman–Crippen MR) is 82.0 cm³/mol. The van der Waals surface area contributed by atoms with Gasteiger partial charge < -0.3 is 5.32 Å². The first kappa shape index (κ1) is 14.9. The molecule has 0 bridgehead atoms. The van der Waals surface area contributed by atoms with Gasteiger partial charge >= 0.3 is 0 Å². The second kappa shape index (κ2) is 6.29. The minimum absolute atomic E-state index is 0.176. The summed E-state index contributed by atoms with van der Waals surface area (Å²) in [5.41, 5.74) is 0.288. The van der Waals surface area contributed by atoms with Crippen LogP contribution in [-0.4, -0.2) is 14.6 Å². The number of thiocarbonyl (C=S) groups is 1. The lowest BCUT2D eigenvalue weighted by molar-refractivity contribution is 0.146. The van der Waals surface area contributed by atoms with E-state index in [0.717, 1.165) is 20.5 Å². The summed E-state index contributed by atoms with van der Waals surface area (Å²) in [7, 11) is 0. The molecule has 1 heterocycles. The summed E-state index contributed by atoms with van der Waals surface area (Å²) >= 11 is 12.6. The minimum atomic E-state index is -2.69. The molecule has 0 aliphatic rings. The molecule has 100 valence electrons. The van der Waals surface area contributed by atoms with Gasteiger partial charge in [-0.2, -0.15) is 0 Å². The number of hydrogen-bond acceptors (Lipinski definition) is 4. The van der Waals surface area contributed by atoms with E-state index in [4.69, 9.17) is 12.2 Å². The molecule has 1 aromatic heterocycles. The first-order valence-electron chi connectivity index (χ1n) is 4.85. The molecule has 0 saturated carbocycles. The first-order valence-corrected chi connectivity index (χ1v) is 7.62. The molecule has 0 atom stereocenters. The molecule has 0 saturated heterocycles. The molecule has 0 amide bonds. The number of benzene rings is 1. The highest BCUT2D eigenvalue weighted by Crippen LogP contribution is 2.27. The maximum atomic E-state index is 12.7. The highest BCUT2D eigenvalue weighted by Gasteiger charge is 2.21. The molecular formula is C10H5Br2F2N3S2. The minimum Gasteiger partial charge on any atom is -0.345 e. The van der Waals surface area contributed by atoms with Gasteiger partial charge in [-0.1, -0.05) is 48.6 Å². The SMILES string of the molecule is FC(F)c1nnsc1C(=S)Nc1cc(Br)cc(Br)c1. The van der Waals surface area contributed by atoms with E-state index in [1.807, 2.05) is 6.07 Å². The lowest BCUT2D eigenvalue weighted by Gasteiger charge is -2.08. The van der Waals surface area contributed by atoms with Crippen molar-refractivity contribution in [3.63, 3.8) is 0 Å². The van der Waals surface area contributed by atoms with Gasteiger partial charge in [0.05, 0.1) is 0 Å². The van der Waals surface area contributed by atoms with E-state index in [1.165, 1.54) is 0 Å². The van der Waals surface area contributed by atoms with Crippen LogP contribution in [-0.2, 0) is 0 Å². The Morgan fingerprint density at radius 2 is 1.89 bits per heavy atom. The van der Waals surface area contributed by atoms with Crippen LogP contribution in [0.25, 0.3) is 0 Å². The van der Waals surface area contributed by atoms with Crippen molar-refractivity contribution in [2.75, 3.05) is 5.32 Å². The molecular weight excluding hydrogens is 424 g/mol. The van der Waals surface area contributed by atoms with Crippen molar-refractivity contribution in [1.82, 2.24) is 9.59 Å². The van der Waals surface area contributed by atoms with Crippen LogP contribution < -0.4 is 5.32 Å². The van der Waals surface area contributed by atoms with Gasteiger partial charge in [-0.05, 0) is 29.7 Å². The molecule has 0 spiro atoms. The van der Waals surface area contributed by atoms with E-state index in [1.54, 1.807) is 12.1 Å². The number of hydrogen-bond donors (Lipinski definition) is 1. The van der Waals surface area contributed by atoms with Crippen molar-refractivity contribution < 1.29 is 8.78 Å². The molecule has 0 radical (unpaired) electrons. The Hall–Kier alpha value is -0.510. The lowest BCUT2D eigenvalue weighted by atomic mass is 10.3. The molecule has 2 rings (SSSR count). The Morgan fingerprint density at radius 1 is 1.26 bits per heavy atom. The van der Waals surface area contributed by atoms with Crippen molar-refractivity contribution in [2.45, 2.75) is 6.43 Å². The smallest absolute Gasteiger partial charge is 0.283 e. The van der Waals surface area contributed by atoms with Crippen LogP contribution in [0.5, 0.6) is 0 Å². The molecule has 1 aromatic carbocycles. The van der Waals surface area contributed by atoms with Gasteiger partial charge in [0.25, 0.3) is 6.43 Å². The van der Waals surface area contributed by atoms with Crippen LogP contribution in [0.2, 0.25) is 0 Å². The van der Waals surface area contributed by atoms with Crippen LogP contribution in [0.15, 0.2) is 27.1 Å². The third-order valence-corrected chi connectivity index (χ3v) is 4.16. The number of rotatable bonds is 3. The molecule has 3 nitrogen and oxygen atoms in total. The van der Waals surface area contributed by atoms with Crippen LogP contribution in [0, 0.1) is 0 Å². The van der Waals surface area contributed by atoms with Crippen LogP contribution in [0.1, 0.15) is 17.0 Å². The van der Waals surface area contributed by atoms with Crippen LogP contribution >= 0.6 is 55.6 Å². The summed E-state index contributed by atoms with van der Waals surface area (Å²) in [5, 5.41) is 6.28. The van der Waals surface area contributed by atoms with Crippen molar-refractivity contribution in [3.8, 4) is 0 Å². The molecule has 0 aliphatic heterocycles. The van der Waals surface area contributed by atoms with Crippen molar-refractivity contribution in [3.05, 3.63) is 37.7 Å². The third kappa shape index (κ3) is 3.74. The van der Waals surface area contributed by atoms with Gasteiger partial charge in [-0.15, -0.1) is 5.10 Å². The molecule has 0 unspecified atom stereocenters. The monoisotopic (exact) mass is 427 g/mol.